The molecular formula is C18H25N3O3. The molecule has 0 radical (unpaired) electrons. The van der Waals surface area contributed by atoms with Crippen LogP contribution in [0.1, 0.15) is 32.6 Å². The maximum Gasteiger partial charge on any atom is 0.419 e. The lowest BCUT2D eigenvalue weighted by Crippen LogP contribution is -2.42. The number of fused-ring (bicyclic) bond motifs is 1. The summed E-state index contributed by atoms with van der Waals surface area (Å²) in [6.07, 6.45) is 3.81. The van der Waals surface area contributed by atoms with E-state index in [0.29, 0.717) is 24.7 Å². The molecule has 1 aliphatic heterocycles. The van der Waals surface area contributed by atoms with Crippen LogP contribution in [0.2, 0.25) is 0 Å². The van der Waals surface area contributed by atoms with Crippen molar-refractivity contribution >= 4 is 17.0 Å². The number of aryl methyl sites for hydroxylation is 1. The molecule has 0 unspecified atom stereocenters. The van der Waals surface area contributed by atoms with Gasteiger partial charge < -0.3 is 9.73 Å². The highest BCUT2D eigenvalue weighted by Crippen LogP contribution is 2.14. The Morgan fingerprint density at radius 2 is 2.04 bits per heavy atom. The summed E-state index contributed by atoms with van der Waals surface area (Å²) in [5.74, 6) is -0.433. The van der Waals surface area contributed by atoms with Crippen molar-refractivity contribution in [1.29, 1.82) is 0 Å². The predicted molar refractivity (Wildman–Crippen MR) is 93.0 cm³/mol. The van der Waals surface area contributed by atoms with Gasteiger partial charge in [0, 0.05) is 25.6 Å². The smallest absolute Gasteiger partial charge is 0.408 e. The van der Waals surface area contributed by atoms with E-state index in [9.17, 15) is 9.59 Å². The molecule has 130 valence electrons. The van der Waals surface area contributed by atoms with Gasteiger partial charge in [-0.15, -0.1) is 0 Å². The SMILES string of the molecule is CC[C@H](CNC(=O)CCn1c(=O)oc2ccccc21)N1CCCC1. The summed E-state index contributed by atoms with van der Waals surface area (Å²) in [6.45, 7) is 5.43. The van der Waals surface area contributed by atoms with E-state index in [1.807, 2.05) is 18.2 Å². The highest BCUT2D eigenvalue weighted by atomic mass is 16.4. The molecule has 0 saturated carbocycles. The number of nitrogens with one attached hydrogen (secondary N) is 1. The van der Waals surface area contributed by atoms with E-state index < -0.39 is 5.76 Å². The van der Waals surface area contributed by atoms with Crippen molar-refractivity contribution in [2.24, 2.45) is 0 Å². The molecule has 3 rings (SSSR count). The van der Waals surface area contributed by atoms with Gasteiger partial charge in [0.1, 0.15) is 0 Å². The van der Waals surface area contributed by atoms with Crippen molar-refractivity contribution in [2.45, 2.75) is 45.2 Å². The molecule has 0 bridgehead atoms. The third-order valence-electron chi connectivity index (χ3n) is 4.80. The largest absolute Gasteiger partial charge is 0.419 e. The Bertz CT molecular complexity index is 743. The third kappa shape index (κ3) is 3.70. The van der Waals surface area contributed by atoms with Crippen LogP contribution < -0.4 is 11.1 Å². The number of hydrogen-bond acceptors (Lipinski definition) is 4. The van der Waals surface area contributed by atoms with Crippen LogP contribution in [0.25, 0.3) is 11.1 Å². The molecule has 2 aromatic rings. The molecule has 0 spiro atoms. The molecular weight excluding hydrogens is 306 g/mol. The molecule has 1 amide bonds. The van der Waals surface area contributed by atoms with E-state index >= 15 is 0 Å². The van der Waals surface area contributed by atoms with Gasteiger partial charge in [-0.1, -0.05) is 19.1 Å². The number of nitrogens with zero attached hydrogens (tertiary/aromatic N) is 2. The molecule has 1 aromatic carbocycles. The Hall–Kier alpha value is -2.08. The van der Waals surface area contributed by atoms with Gasteiger partial charge in [-0.25, -0.2) is 4.79 Å². The minimum Gasteiger partial charge on any atom is -0.408 e. The molecule has 6 heteroatoms. The second kappa shape index (κ2) is 7.66. The first-order chi connectivity index (χ1) is 11.7. The predicted octanol–water partition coefficient (Wildman–Crippen LogP) is 1.98. The highest BCUT2D eigenvalue weighted by molar-refractivity contribution is 5.76. The van der Waals surface area contributed by atoms with E-state index in [0.717, 1.165) is 25.0 Å². The van der Waals surface area contributed by atoms with Gasteiger partial charge in [0.15, 0.2) is 5.58 Å². The fourth-order valence-corrected chi connectivity index (χ4v) is 3.40. The molecule has 1 aliphatic rings. The summed E-state index contributed by atoms with van der Waals surface area (Å²) >= 11 is 0. The van der Waals surface area contributed by atoms with Crippen molar-refractivity contribution in [3.05, 3.63) is 34.8 Å². The molecule has 1 saturated heterocycles. The Labute approximate surface area is 141 Å². The van der Waals surface area contributed by atoms with Crippen LogP contribution >= 0.6 is 0 Å². The number of hydrogen-bond donors (Lipinski definition) is 1. The van der Waals surface area contributed by atoms with Gasteiger partial charge in [-0.2, -0.15) is 0 Å². The zero-order valence-corrected chi connectivity index (χ0v) is 14.2. The first-order valence-corrected chi connectivity index (χ1v) is 8.78. The van der Waals surface area contributed by atoms with E-state index in [1.54, 1.807) is 6.07 Å². The molecule has 1 fully saturated rings. The minimum atomic E-state index is -0.410. The Morgan fingerprint density at radius 3 is 2.79 bits per heavy atom. The van der Waals surface area contributed by atoms with Crippen molar-refractivity contribution in [2.75, 3.05) is 19.6 Å². The molecule has 6 nitrogen and oxygen atoms in total. The summed E-state index contributed by atoms with van der Waals surface area (Å²) in [6, 6.07) is 7.68. The van der Waals surface area contributed by atoms with Crippen LogP contribution in [0.15, 0.2) is 33.5 Å². The summed E-state index contributed by atoms with van der Waals surface area (Å²) < 4.78 is 6.70. The number of amides is 1. The van der Waals surface area contributed by atoms with Gasteiger partial charge in [0.05, 0.1) is 5.52 Å². The summed E-state index contributed by atoms with van der Waals surface area (Å²) in [5.41, 5.74) is 1.29. The fourth-order valence-electron chi connectivity index (χ4n) is 3.40. The first-order valence-electron chi connectivity index (χ1n) is 8.78. The van der Waals surface area contributed by atoms with Crippen molar-refractivity contribution in [3.63, 3.8) is 0 Å². The Morgan fingerprint density at radius 1 is 1.29 bits per heavy atom. The Balaban J connectivity index is 1.53. The number of aromatic nitrogens is 1. The molecule has 0 aliphatic carbocycles. The summed E-state index contributed by atoms with van der Waals surface area (Å²) in [4.78, 5) is 26.5. The molecule has 2 heterocycles. The lowest BCUT2D eigenvalue weighted by molar-refractivity contribution is -0.121. The number of carbonyl (C=O) groups excluding carboxylic acids is 1. The average molecular weight is 331 g/mol. The van der Waals surface area contributed by atoms with Crippen LogP contribution in [0.3, 0.4) is 0 Å². The maximum atomic E-state index is 12.1. The second-order valence-corrected chi connectivity index (χ2v) is 6.35. The molecule has 1 atom stereocenters. The van der Waals surface area contributed by atoms with Crippen molar-refractivity contribution in [3.8, 4) is 0 Å². The normalized spacial score (nSPS) is 16.5. The number of rotatable bonds is 7. The topological polar surface area (TPSA) is 67.5 Å². The van der Waals surface area contributed by atoms with E-state index in [-0.39, 0.29) is 12.3 Å². The number of para-hydroxylation sites is 2. The Kier molecular flexibility index (Phi) is 5.35. The third-order valence-corrected chi connectivity index (χ3v) is 4.80. The monoisotopic (exact) mass is 331 g/mol. The average Bonchev–Trinajstić information content (AvgIpc) is 3.21. The maximum absolute atomic E-state index is 12.1. The first kappa shape index (κ1) is 16.8. The molecule has 24 heavy (non-hydrogen) atoms. The zero-order valence-electron chi connectivity index (χ0n) is 14.2. The number of carbonyl (C=O) groups is 1. The van der Waals surface area contributed by atoms with Gasteiger partial charge in [-0.05, 0) is 44.5 Å². The lowest BCUT2D eigenvalue weighted by Gasteiger charge is -2.26. The van der Waals surface area contributed by atoms with Crippen LogP contribution in [0.5, 0.6) is 0 Å². The van der Waals surface area contributed by atoms with E-state index in [1.165, 1.54) is 17.4 Å². The van der Waals surface area contributed by atoms with Crippen LogP contribution in [-0.4, -0.2) is 41.1 Å². The van der Waals surface area contributed by atoms with Crippen molar-refractivity contribution < 1.29 is 9.21 Å². The van der Waals surface area contributed by atoms with Gasteiger partial charge in [0.25, 0.3) is 0 Å². The minimum absolute atomic E-state index is 0.0233. The van der Waals surface area contributed by atoms with Crippen molar-refractivity contribution in [1.82, 2.24) is 14.8 Å². The quantitative estimate of drug-likeness (QED) is 0.842. The van der Waals surface area contributed by atoms with E-state index in [4.69, 9.17) is 4.42 Å². The zero-order chi connectivity index (χ0) is 16.9. The lowest BCUT2D eigenvalue weighted by atomic mass is 10.2. The second-order valence-electron chi connectivity index (χ2n) is 6.35. The summed E-state index contributed by atoms with van der Waals surface area (Å²) in [5, 5.41) is 3.01. The number of oxazole rings is 1. The highest BCUT2D eigenvalue weighted by Gasteiger charge is 2.20. The number of likely N-dealkylation sites (tertiary alicyclic amines) is 1. The van der Waals surface area contributed by atoms with Gasteiger partial charge in [-0.3, -0.25) is 14.3 Å². The van der Waals surface area contributed by atoms with Crippen LogP contribution in [0.4, 0.5) is 0 Å². The van der Waals surface area contributed by atoms with Crippen LogP contribution in [-0.2, 0) is 11.3 Å². The molecule has 1 N–H and O–H groups in total. The fraction of sp³-hybridized carbons (Fsp3) is 0.556. The van der Waals surface area contributed by atoms with E-state index in [2.05, 4.69) is 17.1 Å². The standard InChI is InChI=1S/C18H25N3O3/c1-2-14(20-10-5-6-11-20)13-19-17(22)9-12-21-15-7-3-4-8-16(15)24-18(21)23/h3-4,7-8,14H,2,5-6,9-13H2,1H3,(H,19,22)/t14-/m1/s1. The van der Waals surface area contributed by atoms with Crippen LogP contribution in [0, 0.1) is 0 Å². The summed E-state index contributed by atoms with van der Waals surface area (Å²) in [7, 11) is 0. The molecule has 1 aromatic heterocycles. The van der Waals surface area contributed by atoms with Gasteiger partial charge >= 0.3 is 5.76 Å². The number of benzene rings is 1. The van der Waals surface area contributed by atoms with Gasteiger partial charge in [0.2, 0.25) is 5.91 Å².